The Morgan fingerprint density at radius 3 is 2.53 bits per heavy atom. The fourth-order valence-corrected chi connectivity index (χ4v) is 3.02. The summed E-state index contributed by atoms with van der Waals surface area (Å²) >= 11 is 6.20. The molecule has 156 valence electrons. The summed E-state index contributed by atoms with van der Waals surface area (Å²) < 4.78 is 40.1. The van der Waals surface area contributed by atoms with Gasteiger partial charge in [-0.3, -0.25) is 0 Å². The Morgan fingerprint density at radius 1 is 1.10 bits per heavy atom. The molecule has 0 aliphatic rings. The van der Waals surface area contributed by atoms with E-state index in [0.29, 0.717) is 5.70 Å². The van der Waals surface area contributed by atoms with Gasteiger partial charge >= 0.3 is 6.18 Å². The van der Waals surface area contributed by atoms with Crippen LogP contribution < -0.4 is 10.6 Å². The topological polar surface area (TPSA) is 49.8 Å². The third-order valence-corrected chi connectivity index (χ3v) is 4.58. The molecule has 3 aromatic rings. The molecule has 8 heteroatoms. The fraction of sp³-hybridized carbons (Fsp3) is 0.182. The zero-order valence-corrected chi connectivity index (χ0v) is 17.0. The molecule has 4 nitrogen and oxygen atoms in total. The first-order valence-electron chi connectivity index (χ1n) is 9.29. The lowest BCUT2D eigenvalue weighted by atomic mass is 10.1. The predicted molar refractivity (Wildman–Crippen MR) is 115 cm³/mol. The molecule has 0 aliphatic carbocycles. The Morgan fingerprint density at radius 2 is 1.80 bits per heavy atom. The lowest BCUT2D eigenvalue weighted by Crippen LogP contribution is -2.09. The molecule has 30 heavy (non-hydrogen) atoms. The average Bonchev–Trinajstić information content (AvgIpc) is 2.73. The van der Waals surface area contributed by atoms with Crippen LogP contribution in [0.25, 0.3) is 17.1 Å². The fourth-order valence-electron chi connectivity index (χ4n) is 2.88. The van der Waals surface area contributed by atoms with E-state index in [4.69, 9.17) is 11.6 Å². The van der Waals surface area contributed by atoms with E-state index in [1.807, 2.05) is 24.3 Å². The summed E-state index contributed by atoms with van der Waals surface area (Å²) in [6.45, 7) is 6.89. The Balaban J connectivity index is 1.94. The Hall–Kier alpha value is -3.06. The van der Waals surface area contributed by atoms with Crippen LogP contribution in [0, 0.1) is 0 Å². The van der Waals surface area contributed by atoms with E-state index in [1.54, 1.807) is 0 Å². The van der Waals surface area contributed by atoms with E-state index in [1.165, 1.54) is 24.4 Å². The Labute approximate surface area is 177 Å². The van der Waals surface area contributed by atoms with Gasteiger partial charge in [-0.15, -0.1) is 0 Å². The number of hydrogen-bond acceptors (Lipinski definition) is 4. The molecule has 0 unspecified atom stereocenters. The van der Waals surface area contributed by atoms with E-state index in [2.05, 4.69) is 34.1 Å². The van der Waals surface area contributed by atoms with Crippen molar-refractivity contribution in [2.45, 2.75) is 19.5 Å². The van der Waals surface area contributed by atoms with Gasteiger partial charge in [-0.1, -0.05) is 61.5 Å². The number of nitrogens with zero attached hydrogens (tertiary/aromatic N) is 2. The number of nitrogens with one attached hydrogen (secondary N) is 2. The highest BCUT2D eigenvalue weighted by atomic mass is 35.5. The summed E-state index contributed by atoms with van der Waals surface area (Å²) in [4.78, 5) is 8.23. The molecule has 1 aromatic heterocycles. The maximum Gasteiger partial charge on any atom is 0.417 e. The maximum absolute atomic E-state index is 13.4. The second-order valence-corrected chi connectivity index (χ2v) is 6.92. The van der Waals surface area contributed by atoms with Gasteiger partial charge in [0.2, 0.25) is 0 Å². The minimum Gasteiger partial charge on any atom is -0.385 e. The van der Waals surface area contributed by atoms with E-state index in [-0.39, 0.29) is 22.2 Å². The molecule has 0 atom stereocenters. The number of aromatic nitrogens is 2. The van der Waals surface area contributed by atoms with Gasteiger partial charge < -0.3 is 10.6 Å². The summed E-state index contributed by atoms with van der Waals surface area (Å²) in [5.41, 5.74) is 1.25. The highest BCUT2D eigenvalue weighted by molar-refractivity contribution is 6.33. The second kappa shape index (κ2) is 9.17. The first kappa shape index (κ1) is 21.6. The van der Waals surface area contributed by atoms with Gasteiger partial charge in [0.25, 0.3) is 0 Å². The van der Waals surface area contributed by atoms with E-state index < -0.39 is 11.7 Å². The molecule has 0 radical (unpaired) electrons. The summed E-state index contributed by atoms with van der Waals surface area (Å²) in [7, 11) is 0. The molecule has 2 N–H and O–H groups in total. The number of rotatable bonds is 7. The van der Waals surface area contributed by atoms with Gasteiger partial charge in [0.05, 0.1) is 11.8 Å². The predicted octanol–water partition coefficient (Wildman–Crippen LogP) is 6.72. The van der Waals surface area contributed by atoms with Crippen molar-refractivity contribution in [3.05, 3.63) is 77.5 Å². The normalized spacial score (nSPS) is 11.2. The van der Waals surface area contributed by atoms with Crippen LogP contribution in [-0.2, 0) is 6.18 Å². The number of alkyl halides is 3. The van der Waals surface area contributed by atoms with Crippen molar-refractivity contribution in [3.8, 4) is 11.4 Å². The SMILES string of the molecule is C=C(Nc1nc(-c2ccccc2C(F)(F)F)ncc1Cl)c1ccccc1NCCC. The molecule has 1 heterocycles. The van der Waals surface area contributed by atoms with Gasteiger partial charge in [0.15, 0.2) is 11.6 Å². The van der Waals surface area contributed by atoms with Crippen LogP contribution in [0.2, 0.25) is 5.02 Å². The molecule has 0 fully saturated rings. The van der Waals surface area contributed by atoms with Crippen LogP contribution in [0.15, 0.2) is 61.3 Å². The van der Waals surface area contributed by atoms with Crippen molar-refractivity contribution in [2.24, 2.45) is 0 Å². The molecular weight excluding hydrogens is 413 g/mol. The van der Waals surface area contributed by atoms with Crippen molar-refractivity contribution < 1.29 is 13.2 Å². The van der Waals surface area contributed by atoms with E-state index in [9.17, 15) is 13.2 Å². The molecule has 0 aliphatic heterocycles. The van der Waals surface area contributed by atoms with E-state index in [0.717, 1.165) is 30.3 Å². The van der Waals surface area contributed by atoms with Gasteiger partial charge in [-0.25, -0.2) is 9.97 Å². The second-order valence-electron chi connectivity index (χ2n) is 6.51. The number of benzene rings is 2. The zero-order chi connectivity index (χ0) is 21.7. The molecule has 0 saturated carbocycles. The van der Waals surface area contributed by atoms with Crippen molar-refractivity contribution in [1.82, 2.24) is 9.97 Å². The van der Waals surface area contributed by atoms with Crippen LogP contribution >= 0.6 is 11.6 Å². The highest BCUT2D eigenvalue weighted by Crippen LogP contribution is 2.36. The van der Waals surface area contributed by atoms with Gasteiger partial charge in [-0.2, -0.15) is 13.2 Å². The van der Waals surface area contributed by atoms with Crippen LogP contribution in [0.1, 0.15) is 24.5 Å². The first-order valence-corrected chi connectivity index (χ1v) is 9.67. The van der Waals surface area contributed by atoms with Crippen LogP contribution in [-0.4, -0.2) is 16.5 Å². The van der Waals surface area contributed by atoms with Crippen molar-refractivity contribution in [3.63, 3.8) is 0 Å². The van der Waals surface area contributed by atoms with Crippen molar-refractivity contribution >= 4 is 28.8 Å². The minimum atomic E-state index is -4.53. The molecule has 0 saturated heterocycles. The van der Waals surface area contributed by atoms with Crippen molar-refractivity contribution in [1.29, 1.82) is 0 Å². The summed E-state index contributed by atoms with van der Waals surface area (Å²) in [6, 6.07) is 12.7. The lowest BCUT2D eigenvalue weighted by Gasteiger charge is -2.16. The van der Waals surface area contributed by atoms with Gasteiger partial charge in [0.1, 0.15) is 5.02 Å². The van der Waals surface area contributed by atoms with Gasteiger partial charge in [0, 0.05) is 29.1 Å². The molecule has 2 aromatic carbocycles. The third kappa shape index (κ3) is 4.91. The Bertz CT molecular complexity index is 1050. The molecule has 3 rings (SSSR count). The largest absolute Gasteiger partial charge is 0.417 e. The zero-order valence-electron chi connectivity index (χ0n) is 16.2. The van der Waals surface area contributed by atoms with Gasteiger partial charge in [-0.05, 0) is 18.6 Å². The summed E-state index contributed by atoms with van der Waals surface area (Å²) in [5.74, 6) is 0.0916. The van der Waals surface area contributed by atoms with Crippen LogP contribution in [0.5, 0.6) is 0 Å². The molecule has 0 spiro atoms. The highest BCUT2D eigenvalue weighted by Gasteiger charge is 2.34. The third-order valence-electron chi connectivity index (χ3n) is 4.30. The Kier molecular flexibility index (Phi) is 6.62. The minimum absolute atomic E-state index is 0.0833. The van der Waals surface area contributed by atoms with Crippen LogP contribution in [0.3, 0.4) is 0 Å². The number of hydrogen-bond donors (Lipinski definition) is 2. The number of halogens is 4. The van der Waals surface area contributed by atoms with Crippen LogP contribution in [0.4, 0.5) is 24.7 Å². The quantitative estimate of drug-likeness (QED) is 0.435. The van der Waals surface area contributed by atoms with E-state index >= 15 is 0 Å². The standard InChI is InChI=1S/C22H20ClF3N4/c1-3-12-27-19-11-7-5-8-15(19)14(2)29-21-18(23)13-28-20(30-21)16-9-4-6-10-17(16)22(24,25)26/h4-11,13,27H,2-3,12H2,1H3,(H,28,29,30). The smallest absolute Gasteiger partial charge is 0.385 e. The monoisotopic (exact) mass is 432 g/mol. The summed E-state index contributed by atoms with van der Waals surface area (Å²) in [5, 5.41) is 6.50. The molecule has 0 amide bonds. The first-order chi connectivity index (χ1) is 14.3. The lowest BCUT2D eigenvalue weighted by molar-refractivity contribution is -0.137. The maximum atomic E-state index is 13.4. The average molecular weight is 433 g/mol. The number of para-hydroxylation sites is 1. The van der Waals surface area contributed by atoms with Crippen molar-refractivity contribution in [2.75, 3.05) is 17.2 Å². The number of anilines is 2. The molecular formula is C22H20ClF3N4. The summed E-state index contributed by atoms with van der Waals surface area (Å²) in [6.07, 6.45) is -2.30. The molecule has 0 bridgehead atoms.